The molecule has 0 aliphatic heterocycles. The quantitative estimate of drug-likeness (QED) is 0.598. The Kier molecular flexibility index (Phi) is 4.11. The number of hydrogen-bond donors (Lipinski definition) is 1. The molecule has 3 N–H and O–H groups in total. The molecule has 0 unspecified atom stereocenters. The zero-order chi connectivity index (χ0) is 8.91. The Hall–Kier alpha value is -0.570. The van der Waals surface area contributed by atoms with Crippen LogP contribution in [-0.2, 0) is 9.53 Å². The maximum atomic E-state index is 11.2. The van der Waals surface area contributed by atoms with Crippen LogP contribution >= 0.6 is 0 Å². The topological polar surface area (TPSA) is 53.9 Å². The van der Waals surface area contributed by atoms with Gasteiger partial charge in [0.15, 0.2) is 0 Å². The first kappa shape index (κ1) is 10.4. The van der Waals surface area contributed by atoms with Gasteiger partial charge in [-0.3, -0.25) is 4.79 Å². The molecule has 0 saturated heterocycles. The molecule has 3 heteroatoms. The number of esters is 1. The van der Waals surface area contributed by atoms with Crippen LogP contribution in [0.15, 0.2) is 0 Å². The van der Waals surface area contributed by atoms with E-state index >= 15 is 0 Å². The van der Waals surface area contributed by atoms with Crippen molar-refractivity contribution in [3.63, 3.8) is 0 Å². The molecule has 0 atom stereocenters. The van der Waals surface area contributed by atoms with E-state index in [1.807, 2.05) is 20.8 Å². The second-order valence-electron chi connectivity index (χ2n) is 3.23. The molecule has 3 nitrogen and oxygen atoms in total. The maximum Gasteiger partial charge on any atom is 0.311 e. The lowest BCUT2D eigenvalue weighted by Crippen LogP contribution is -2.52. The van der Waals surface area contributed by atoms with Gasteiger partial charge in [0.2, 0.25) is 0 Å². The second-order valence-corrected chi connectivity index (χ2v) is 3.23. The summed E-state index contributed by atoms with van der Waals surface area (Å²) in [6.45, 7) is 6.83. The van der Waals surface area contributed by atoms with E-state index in [1.165, 1.54) is 0 Å². The van der Waals surface area contributed by atoms with Gasteiger partial charge < -0.3 is 10.5 Å². The summed E-state index contributed by atoms with van der Waals surface area (Å²) in [6, 6.07) is 0. The van der Waals surface area contributed by atoms with Gasteiger partial charge in [0.1, 0.15) is 13.2 Å². The van der Waals surface area contributed by atoms with Crippen LogP contribution < -0.4 is 5.73 Å². The largest absolute Gasteiger partial charge is 0.459 e. The standard InChI is InChI=1S/C8H17NO2/c1-4-8(2,3)7(10)11-6-5-9/h4-6,9H2,1-3H3/p+1. The maximum absolute atomic E-state index is 11.2. The second kappa shape index (κ2) is 4.34. The van der Waals surface area contributed by atoms with E-state index in [1.54, 1.807) is 0 Å². The van der Waals surface area contributed by atoms with E-state index in [-0.39, 0.29) is 11.4 Å². The Morgan fingerprint density at radius 2 is 2.09 bits per heavy atom. The third-order valence-corrected chi connectivity index (χ3v) is 1.81. The van der Waals surface area contributed by atoms with Crippen LogP contribution in [0.25, 0.3) is 0 Å². The molecule has 0 spiro atoms. The number of quaternary nitrogens is 1. The molecule has 0 saturated carbocycles. The molecule has 0 aliphatic rings. The van der Waals surface area contributed by atoms with Gasteiger partial charge in [0.25, 0.3) is 0 Å². The molecule has 0 fully saturated rings. The summed E-state index contributed by atoms with van der Waals surface area (Å²) in [5.41, 5.74) is 3.25. The molecule has 0 rings (SSSR count). The average molecular weight is 160 g/mol. The monoisotopic (exact) mass is 160 g/mol. The number of carbonyl (C=O) groups is 1. The van der Waals surface area contributed by atoms with Crippen molar-refractivity contribution in [2.45, 2.75) is 27.2 Å². The van der Waals surface area contributed by atoms with E-state index in [0.717, 1.165) is 6.42 Å². The van der Waals surface area contributed by atoms with Gasteiger partial charge in [0, 0.05) is 0 Å². The summed E-state index contributed by atoms with van der Waals surface area (Å²) in [5, 5.41) is 0. The summed E-state index contributed by atoms with van der Waals surface area (Å²) in [4.78, 5) is 11.2. The minimum absolute atomic E-state index is 0.122. The van der Waals surface area contributed by atoms with E-state index in [2.05, 4.69) is 5.73 Å². The van der Waals surface area contributed by atoms with Gasteiger partial charge in [-0.2, -0.15) is 0 Å². The molecule has 0 aromatic rings. The molecule has 66 valence electrons. The fourth-order valence-electron chi connectivity index (χ4n) is 0.505. The number of hydrogen-bond acceptors (Lipinski definition) is 2. The van der Waals surface area contributed by atoms with Crippen molar-refractivity contribution in [3.05, 3.63) is 0 Å². The Balaban J connectivity index is 3.82. The van der Waals surface area contributed by atoms with Crippen LogP contribution in [0.3, 0.4) is 0 Å². The molecule has 0 amide bonds. The van der Waals surface area contributed by atoms with Gasteiger partial charge in [-0.1, -0.05) is 6.92 Å². The third-order valence-electron chi connectivity index (χ3n) is 1.81. The van der Waals surface area contributed by atoms with E-state index in [9.17, 15) is 4.79 Å². The van der Waals surface area contributed by atoms with Crippen molar-refractivity contribution in [1.29, 1.82) is 0 Å². The molecular formula is C8H18NO2+. The molecule has 0 radical (unpaired) electrons. The van der Waals surface area contributed by atoms with Crippen molar-refractivity contribution >= 4 is 5.97 Å². The van der Waals surface area contributed by atoms with Crippen molar-refractivity contribution in [2.75, 3.05) is 13.2 Å². The first-order valence-corrected chi connectivity index (χ1v) is 4.01. The molecule has 0 heterocycles. The normalized spacial score (nSPS) is 11.3. The molecule has 0 aliphatic carbocycles. The van der Waals surface area contributed by atoms with Gasteiger partial charge >= 0.3 is 5.97 Å². The summed E-state index contributed by atoms with van der Waals surface area (Å²) in [7, 11) is 0. The smallest absolute Gasteiger partial charge is 0.311 e. The Labute approximate surface area is 67.9 Å². The summed E-state index contributed by atoms with van der Waals surface area (Å²) >= 11 is 0. The lowest BCUT2D eigenvalue weighted by atomic mass is 9.91. The Morgan fingerprint density at radius 1 is 1.55 bits per heavy atom. The van der Waals surface area contributed by atoms with Crippen LogP contribution in [0, 0.1) is 5.41 Å². The molecule has 11 heavy (non-hydrogen) atoms. The van der Waals surface area contributed by atoms with Crippen LogP contribution in [0.1, 0.15) is 27.2 Å². The van der Waals surface area contributed by atoms with Crippen molar-refractivity contribution < 1.29 is 15.3 Å². The fourth-order valence-corrected chi connectivity index (χ4v) is 0.505. The zero-order valence-corrected chi connectivity index (χ0v) is 7.64. The lowest BCUT2D eigenvalue weighted by molar-refractivity contribution is -0.372. The number of carbonyl (C=O) groups excluding carboxylic acids is 1. The minimum Gasteiger partial charge on any atom is -0.459 e. The SMILES string of the molecule is CCC(C)(C)C(=O)OCC[NH3+]. The Bertz CT molecular complexity index is 132. The molecular weight excluding hydrogens is 142 g/mol. The van der Waals surface area contributed by atoms with E-state index in [4.69, 9.17) is 4.74 Å². The summed E-state index contributed by atoms with van der Waals surface area (Å²) in [5.74, 6) is -0.122. The minimum atomic E-state index is -0.338. The first-order valence-electron chi connectivity index (χ1n) is 4.01. The predicted octanol–water partition coefficient (Wildman–Crippen LogP) is 0.208. The molecule has 0 aromatic carbocycles. The van der Waals surface area contributed by atoms with Crippen LogP contribution in [0.2, 0.25) is 0 Å². The predicted molar refractivity (Wildman–Crippen MR) is 42.8 cm³/mol. The average Bonchev–Trinajstić information content (AvgIpc) is 2.00. The van der Waals surface area contributed by atoms with Crippen LogP contribution in [0.4, 0.5) is 0 Å². The van der Waals surface area contributed by atoms with E-state index < -0.39 is 0 Å². The Morgan fingerprint density at radius 3 is 2.45 bits per heavy atom. The van der Waals surface area contributed by atoms with Crippen LogP contribution in [-0.4, -0.2) is 19.1 Å². The molecule has 0 bridgehead atoms. The first-order chi connectivity index (χ1) is 5.04. The van der Waals surface area contributed by atoms with E-state index in [0.29, 0.717) is 13.2 Å². The summed E-state index contributed by atoms with van der Waals surface area (Å²) < 4.78 is 4.95. The highest BCUT2D eigenvalue weighted by atomic mass is 16.5. The zero-order valence-electron chi connectivity index (χ0n) is 7.64. The van der Waals surface area contributed by atoms with Crippen molar-refractivity contribution in [1.82, 2.24) is 0 Å². The van der Waals surface area contributed by atoms with Gasteiger partial charge in [-0.05, 0) is 20.3 Å². The van der Waals surface area contributed by atoms with Crippen molar-refractivity contribution in [2.24, 2.45) is 5.41 Å². The fraction of sp³-hybridized carbons (Fsp3) is 0.875. The summed E-state index contributed by atoms with van der Waals surface area (Å²) in [6.07, 6.45) is 0.809. The molecule has 0 aromatic heterocycles. The highest BCUT2D eigenvalue weighted by Crippen LogP contribution is 2.20. The lowest BCUT2D eigenvalue weighted by Gasteiger charge is -2.19. The third kappa shape index (κ3) is 3.37. The van der Waals surface area contributed by atoms with Gasteiger partial charge in [-0.15, -0.1) is 0 Å². The van der Waals surface area contributed by atoms with Gasteiger partial charge in [-0.25, -0.2) is 0 Å². The van der Waals surface area contributed by atoms with Crippen molar-refractivity contribution in [3.8, 4) is 0 Å². The highest BCUT2D eigenvalue weighted by Gasteiger charge is 2.26. The van der Waals surface area contributed by atoms with Gasteiger partial charge in [0.05, 0.1) is 5.41 Å². The highest BCUT2D eigenvalue weighted by molar-refractivity contribution is 5.75. The van der Waals surface area contributed by atoms with Crippen LogP contribution in [0.5, 0.6) is 0 Å². The number of ether oxygens (including phenoxy) is 1. The number of rotatable bonds is 4.